The van der Waals surface area contributed by atoms with Crippen molar-refractivity contribution >= 4 is 28.4 Å². The van der Waals surface area contributed by atoms with Gasteiger partial charge in [0.2, 0.25) is 0 Å². The summed E-state index contributed by atoms with van der Waals surface area (Å²) in [5.41, 5.74) is -2.71. The first-order valence-electron chi connectivity index (χ1n) is 5.17. The highest BCUT2D eigenvalue weighted by Crippen LogP contribution is 2.31. The Morgan fingerprint density at radius 1 is 1.35 bits per heavy atom. The molecule has 0 radical (unpaired) electrons. The first-order chi connectivity index (χ1) is 9.25. The molecule has 0 saturated heterocycles. The van der Waals surface area contributed by atoms with Crippen molar-refractivity contribution in [3.8, 4) is 5.75 Å². The van der Waals surface area contributed by atoms with Gasteiger partial charge in [-0.1, -0.05) is 11.6 Å². The van der Waals surface area contributed by atoms with E-state index in [1.807, 2.05) is 0 Å². The second-order valence-corrected chi connectivity index (χ2v) is 4.15. The van der Waals surface area contributed by atoms with Crippen molar-refractivity contribution < 1.29 is 27.1 Å². The Morgan fingerprint density at radius 3 is 2.55 bits per heavy atom. The molecule has 0 aliphatic rings. The van der Waals surface area contributed by atoms with Gasteiger partial charge in [0.15, 0.2) is 0 Å². The van der Waals surface area contributed by atoms with Crippen LogP contribution in [0.2, 0.25) is 5.02 Å². The Labute approximate surface area is 114 Å². The van der Waals surface area contributed by atoms with Gasteiger partial charge in [-0.15, -0.1) is 0 Å². The van der Waals surface area contributed by atoms with Crippen LogP contribution in [0.4, 0.5) is 13.2 Å². The zero-order valence-corrected chi connectivity index (χ0v) is 10.6. The lowest BCUT2D eigenvalue weighted by Gasteiger charge is -2.08. The van der Waals surface area contributed by atoms with Crippen LogP contribution in [0.3, 0.4) is 0 Å². The summed E-state index contributed by atoms with van der Waals surface area (Å²) >= 11 is 5.74. The normalized spacial score (nSPS) is 11.7. The zero-order chi connectivity index (χ0) is 15.1. The highest BCUT2D eigenvalue weighted by atomic mass is 35.5. The summed E-state index contributed by atoms with van der Waals surface area (Å²) in [5.74, 6) is -2.06. The number of benzene rings is 1. The van der Waals surface area contributed by atoms with E-state index in [4.69, 9.17) is 16.3 Å². The van der Waals surface area contributed by atoms with E-state index in [1.54, 1.807) is 0 Å². The van der Waals surface area contributed by atoms with Gasteiger partial charge in [-0.25, -0.2) is 4.79 Å². The van der Waals surface area contributed by atoms with E-state index in [2.05, 4.69) is 4.42 Å². The van der Waals surface area contributed by atoms with Gasteiger partial charge in [0.05, 0.1) is 12.1 Å². The zero-order valence-electron chi connectivity index (χ0n) is 9.88. The molecule has 106 valence electrons. The van der Waals surface area contributed by atoms with Crippen LogP contribution in [0, 0.1) is 0 Å². The van der Waals surface area contributed by atoms with Gasteiger partial charge in [0.25, 0.3) is 5.78 Å². The molecule has 0 atom stereocenters. The molecule has 1 aromatic heterocycles. The van der Waals surface area contributed by atoms with E-state index in [-0.39, 0.29) is 11.0 Å². The summed E-state index contributed by atoms with van der Waals surface area (Å²) < 4.78 is 46.8. The standard InChI is InChI=1S/C12H6ClF3O4/c1-19-5-2-3-7-6(4-5)9(13)8(11(18)20-7)10(17)12(14,15)16/h2-4H,1H3. The van der Waals surface area contributed by atoms with Crippen LogP contribution in [0.15, 0.2) is 27.4 Å². The molecule has 0 saturated carbocycles. The molecule has 0 spiro atoms. The van der Waals surface area contributed by atoms with E-state index in [9.17, 15) is 22.8 Å². The maximum absolute atomic E-state index is 12.4. The first-order valence-corrected chi connectivity index (χ1v) is 5.55. The predicted octanol–water partition coefficient (Wildman–Crippen LogP) is 3.20. The van der Waals surface area contributed by atoms with Crippen molar-refractivity contribution in [2.45, 2.75) is 6.18 Å². The van der Waals surface area contributed by atoms with Crippen LogP contribution < -0.4 is 10.4 Å². The minimum absolute atomic E-state index is 0.0155. The molecule has 2 rings (SSSR count). The van der Waals surface area contributed by atoms with Crippen molar-refractivity contribution in [2.24, 2.45) is 0 Å². The predicted molar refractivity (Wildman–Crippen MR) is 64.4 cm³/mol. The Bertz CT molecular complexity index is 749. The second-order valence-electron chi connectivity index (χ2n) is 3.77. The van der Waals surface area contributed by atoms with Gasteiger partial charge in [-0.05, 0) is 18.2 Å². The Balaban J connectivity index is 2.80. The third kappa shape index (κ3) is 2.36. The first kappa shape index (κ1) is 14.4. The largest absolute Gasteiger partial charge is 0.497 e. The molecule has 0 unspecified atom stereocenters. The molecule has 0 bridgehead atoms. The van der Waals surface area contributed by atoms with Crippen LogP contribution in [-0.2, 0) is 0 Å². The molecule has 0 amide bonds. The summed E-state index contributed by atoms with van der Waals surface area (Å²) in [4.78, 5) is 22.7. The van der Waals surface area contributed by atoms with Crippen LogP contribution in [0.1, 0.15) is 10.4 Å². The molecule has 0 aliphatic carbocycles. The molecular weight excluding hydrogens is 301 g/mol. The molecule has 8 heteroatoms. The lowest BCUT2D eigenvalue weighted by atomic mass is 10.1. The average molecular weight is 307 g/mol. The minimum Gasteiger partial charge on any atom is -0.497 e. The lowest BCUT2D eigenvalue weighted by Crippen LogP contribution is -2.28. The van der Waals surface area contributed by atoms with Gasteiger partial charge >= 0.3 is 11.8 Å². The van der Waals surface area contributed by atoms with Crippen molar-refractivity contribution in [2.75, 3.05) is 7.11 Å². The van der Waals surface area contributed by atoms with E-state index >= 15 is 0 Å². The fourth-order valence-corrected chi connectivity index (χ4v) is 1.92. The van der Waals surface area contributed by atoms with E-state index in [1.165, 1.54) is 25.3 Å². The molecule has 1 heterocycles. The van der Waals surface area contributed by atoms with Gasteiger partial charge < -0.3 is 9.15 Å². The van der Waals surface area contributed by atoms with Crippen LogP contribution >= 0.6 is 11.6 Å². The van der Waals surface area contributed by atoms with Crippen molar-refractivity contribution in [3.63, 3.8) is 0 Å². The molecule has 0 N–H and O–H groups in total. The van der Waals surface area contributed by atoms with E-state index < -0.39 is 28.2 Å². The number of hydrogen-bond donors (Lipinski definition) is 0. The van der Waals surface area contributed by atoms with Gasteiger partial charge in [-0.3, -0.25) is 4.79 Å². The summed E-state index contributed by atoms with van der Waals surface area (Å²) in [7, 11) is 1.34. The average Bonchev–Trinajstić information content (AvgIpc) is 2.37. The number of alkyl halides is 3. The van der Waals surface area contributed by atoms with Gasteiger partial charge in [0.1, 0.15) is 16.9 Å². The molecule has 1 aromatic carbocycles. The summed E-state index contributed by atoms with van der Waals surface area (Å²) in [6.45, 7) is 0. The van der Waals surface area contributed by atoms with Crippen LogP contribution in [-0.4, -0.2) is 19.1 Å². The van der Waals surface area contributed by atoms with Crippen molar-refractivity contribution in [3.05, 3.63) is 39.2 Å². The number of methoxy groups -OCH3 is 1. The highest BCUT2D eigenvalue weighted by Gasteiger charge is 2.43. The third-order valence-corrected chi connectivity index (χ3v) is 2.93. The number of ketones is 1. The fraction of sp³-hybridized carbons (Fsp3) is 0.167. The number of carbonyl (C=O) groups excluding carboxylic acids is 1. The Kier molecular flexibility index (Phi) is 3.47. The quantitative estimate of drug-likeness (QED) is 0.631. The number of hydrogen-bond acceptors (Lipinski definition) is 4. The minimum atomic E-state index is -5.22. The monoisotopic (exact) mass is 306 g/mol. The van der Waals surface area contributed by atoms with Crippen LogP contribution in [0.5, 0.6) is 5.75 Å². The third-order valence-electron chi connectivity index (χ3n) is 2.53. The smallest absolute Gasteiger partial charge is 0.455 e. The Hall–Kier alpha value is -2.02. The fourth-order valence-electron chi connectivity index (χ4n) is 1.61. The maximum atomic E-state index is 12.4. The summed E-state index contributed by atoms with van der Waals surface area (Å²) in [6, 6.07) is 4.02. The van der Waals surface area contributed by atoms with E-state index in [0.717, 1.165) is 0 Å². The SMILES string of the molecule is COc1ccc2oc(=O)c(C(=O)C(F)(F)F)c(Cl)c2c1. The molecular formula is C12H6ClF3O4. The van der Waals surface area contributed by atoms with Crippen molar-refractivity contribution in [1.29, 1.82) is 0 Å². The van der Waals surface area contributed by atoms with Gasteiger partial charge in [-0.2, -0.15) is 13.2 Å². The molecule has 20 heavy (non-hydrogen) atoms. The number of rotatable bonds is 2. The lowest BCUT2D eigenvalue weighted by molar-refractivity contribution is -0.0887. The molecule has 0 fully saturated rings. The van der Waals surface area contributed by atoms with Crippen LogP contribution in [0.25, 0.3) is 11.0 Å². The second kappa shape index (κ2) is 4.82. The summed E-state index contributed by atoms with van der Waals surface area (Å²) in [5, 5.41) is -0.629. The van der Waals surface area contributed by atoms with E-state index in [0.29, 0.717) is 5.75 Å². The number of carbonyl (C=O) groups is 1. The topological polar surface area (TPSA) is 56.5 Å². The molecule has 2 aromatic rings. The number of fused-ring (bicyclic) bond motifs is 1. The number of Topliss-reactive ketones (excluding diaryl/α,β-unsaturated/α-hetero) is 1. The molecule has 0 aliphatic heterocycles. The molecule has 4 nitrogen and oxygen atoms in total. The van der Waals surface area contributed by atoms with Crippen molar-refractivity contribution in [1.82, 2.24) is 0 Å². The highest BCUT2D eigenvalue weighted by molar-refractivity contribution is 6.38. The summed E-state index contributed by atoms with van der Waals surface area (Å²) in [6.07, 6.45) is -5.22. The van der Waals surface area contributed by atoms with Gasteiger partial charge in [0, 0.05) is 5.39 Å². The Morgan fingerprint density at radius 2 is 2.00 bits per heavy atom. The number of ether oxygens (including phenoxy) is 1. The number of halogens is 4. The maximum Gasteiger partial charge on any atom is 0.455 e.